The van der Waals surface area contributed by atoms with Crippen molar-refractivity contribution in [1.82, 2.24) is 4.90 Å². The molecule has 0 aromatic rings. The summed E-state index contributed by atoms with van der Waals surface area (Å²) < 4.78 is 5.89. The zero-order valence-electron chi connectivity index (χ0n) is 8.46. The Balaban J connectivity index is 2.31. The van der Waals surface area contributed by atoms with E-state index in [1.807, 2.05) is 6.20 Å². The number of unbranched alkanes of at least 4 members (excludes halogenated alkanes) is 2. The Bertz CT molecular complexity index is 228. The highest BCUT2D eigenvalue weighted by atomic mass is 79.9. The first-order valence-corrected chi connectivity index (χ1v) is 5.83. The molecule has 0 atom stereocenters. The lowest BCUT2D eigenvalue weighted by molar-refractivity contribution is 0.166. The Labute approximate surface area is 93.2 Å². The SMILES string of the molecule is CCCCC/C(Br)=C/N1CCOC1=O. The van der Waals surface area contributed by atoms with Crippen molar-refractivity contribution in [3.8, 4) is 0 Å². The number of hydrogen-bond donors (Lipinski definition) is 0. The highest BCUT2D eigenvalue weighted by Gasteiger charge is 2.19. The first-order valence-electron chi connectivity index (χ1n) is 5.03. The number of carbonyl (C=O) groups excluding carboxylic acids is 1. The number of rotatable bonds is 5. The second kappa shape index (κ2) is 6.06. The fourth-order valence-electron chi connectivity index (χ4n) is 1.30. The van der Waals surface area contributed by atoms with E-state index in [1.54, 1.807) is 4.90 Å². The Hall–Kier alpha value is -0.510. The molecule has 0 aliphatic carbocycles. The molecule has 0 saturated carbocycles. The zero-order valence-corrected chi connectivity index (χ0v) is 10.0. The lowest BCUT2D eigenvalue weighted by atomic mass is 10.2. The molecule has 1 heterocycles. The highest BCUT2D eigenvalue weighted by Crippen LogP contribution is 2.17. The van der Waals surface area contributed by atoms with Crippen molar-refractivity contribution < 1.29 is 9.53 Å². The van der Waals surface area contributed by atoms with Gasteiger partial charge < -0.3 is 4.74 Å². The fraction of sp³-hybridized carbons (Fsp3) is 0.700. The van der Waals surface area contributed by atoms with Crippen LogP contribution in [0.1, 0.15) is 32.6 Å². The van der Waals surface area contributed by atoms with Gasteiger partial charge in [-0.1, -0.05) is 35.7 Å². The van der Waals surface area contributed by atoms with Crippen LogP contribution in [-0.2, 0) is 4.74 Å². The van der Waals surface area contributed by atoms with E-state index in [0.29, 0.717) is 13.2 Å². The van der Waals surface area contributed by atoms with Crippen molar-refractivity contribution >= 4 is 22.0 Å². The molecule has 1 aliphatic rings. The quantitative estimate of drug-likeness (QED) is 0.712. The molecule has 14 heavy (non-hydrogen) atoms. The summed E-state index contributed by atoms with van der Waals surface area (Å²) in [6, 6.07) is 0. The van der Waals surface area contributed by atoms with Gasteiger partial charge in [0.2, 0.25) is 0 Å². The number of carbonyl (C=O) groups is 1. The number of cyclic esters (lactones) is 1. The van der Waals surface area contributed by atoms with Gasteiger partial charge in [0.05, 0.1) is 6.54 Å². The van der Waals surface area contributed by atoms with E-state index < -0.39 is 0 Å². The first kappa shape index (κ1) is 11.6. The number of nitrogens with zero attached hydrogens (tertiary/aromatic N) is 1. The van der Waals surface area contributed by atoms with Gasteiger partial charge >= 0.3 is 6.09 Å². The normalized spacial score (nSPS) is 17.4. The summed E-state index contributed by atoms with van der Waals surface area (Å²) in [6.07, 6.45) is 6.20. The maximum absolute atomic E-state index is 11.1. The number of allylic oxidation sites excluding steroid dienone is 1. The van der Waals surface area contributed by atoms with E-state index in [-0.39, 0.29) is 6.09 Å². The van der Waals surface area contributed by atoms with Gasteiger partial charge in [-0.15, -0.1) is 0 Å². The molecule has 4 heteroatoms. The molecule has 80 valence electrons. The van der Waals surface area contributed by atoms with E-state index in [0.717, 1.165) is 17.3 Å². The van der Waals surface area contributed by atoms with Crippen LogP contribution < -0.4 is 0 Å². The van der Waals surface area contributed by atoms with Crippen molar-refractivity contribution in [3.05, 3.63) is 10.7 Å². The molecular weight excluding hydrogens is 246 g/mol. The van der Waals surface area contributed by atoms with Crippen molar-refractivity contribution in [2.75, 3.05) is 13.2 Å². The van der Waals surface area contributed by atoms with Crippen LogP contribution in [0.2, 0.25) is 0 Å². The standard InChI is InChI=1S/C10H16BrNO2/c1-2-3-4-5-9(11)8-12-6-7-14-10(12)13/h8H,2-7H2,1H3/b9-8-. The molecule has 0 N–H and O–H groups in total. The minimum atomic E-state index is -0.238. The average molecular weight is 262 g/mol. The third-order valence-corrected chi connectivity index (χ3v) is 2.71. The third-order valence-electron chi connectivity index (χ3n) is 2.11. The monoisotopic (exact) mass is 261 g/mol. The van der Waals surface area contributed by atoms with E-state index >= 15 is 0 Å². The highest BCUT2D eigenvalue weighted by molar-refractivity contribution is 9.11. The lowest BCUT2D eigenvalue weighted by Gasteiger charge is -2.07. The van der Waals surface area contributed by atoms with E-state index in [4.69, 9.17) is 4.74 Å². The molecule has 1 saturated heterocycles. The van der Waals surface area contributed by atoms with Crippen molar-refractivity contribution in [2.45, 2.75) is 32.6 Å². The maximum Gasteiger partial charge on any atom is 0.414 e. The van der Waals surface area contributed by atoms with Crippen LogP contribution in [0, 0.1) is 0 Å². The Kier molecular flexibility index (Phi) is 5.01. The second-order valence-corrected chi connectivity index (χ2v) is 4.36. The van der Waals surface area contributed by atoms with E-state index in [2.05, 4.69) is 22.9 Å². The van der Waals surface area contributed by atoms with Gasteiger partial charge in [-0.3, -0.25) is 4.90 Å². The summed E-state index contributed by atoms with van der Waals surface area (Å²) in [5.74, 6) is 0. The Morgan fingerprint density at radius 1 is 1.64 bits per heavy atom. The van der Waals surface area contributed by atoms with Crippen molar-refractivity contribution in [3.63, 3.8) is 0 Å². The minimum absolute atomic E-state index is 0.238. The molecule has 0 radical (unpaired) electrons. The van der Waals surface area contributed by atoms with Gasteiger partial charge in [0, 0.05) is 10.7 Å². The average Bonchev–Trinajstić information content (AvgIpc) is 2.52. The number of amides is 1. The molecular formula is C10H16BrNO2. The summed E-state index contributed by atoms with van der Waals surface area (Å²) in [5, 5.41) is 0. The topological polar surface area (TPSA) is 29.5 Å². The number of hydrogen-bond acceptors (Lipinski definition) is 2. The first-order chi connectivity index (χ1) is 6.74. The molecule has 0 bridgehead atoms. The van der Waals surface area contributed by atoms with Gasteiger partial charge in [0.25, 0.3) is 0 Å². The van der Waals surface area contributed by atoms with Crippen molar-refractivity contribution in [2.24, 2.45) is 0 Å². The molecule has 0 unspecified atom stereocenters. The van der Waals surface area contributed by atoms with Crippen molar-refractivity contribution in [1.29, 1.82) is 0 Å². The van der Waals surface area contributed by atoms with Crippen LogP contribution in [0.25, 0.3) is 0 Å². The smallest absolute Gasteiger partial charge is 0.414 e. The molecule has 0 spiro atoms. The van der Waals surface area contributed by atoms with Gasteiger partial charge in [-0.2, -0.15) is 0 Å². The summed E-state index contributed by atoms with van der Waals surface area (Å²) in [5.41, 5.74) is 0. The number of halogens is 1. The molecule has 3 nitrogen and oxygen atoms in total. The van der Waals surface area contributed by atoms with Crippen LogP contribution in [0.3, 0.4) is 0 Å². The maximum atomic E-state index is 11.1. The van der Waals surface area contributed by atoms with E-state index in [1.165, 1.54) is 12.8 Å². The molecule has 1 fully saturated rings. The largest absolute Gasteiger partial charge is 0.447 e. The zero-order chi connectivity index (χ0) is 10.4. The Morgan fingerprint density at radius 3 is 3.00 bits per heavy atom. The van der Waals surface area contributed by atoms with Crippen LogP contribution in [0.5, 0.6) is 0 Å². The van der Waals surface area contributed by atoms with Gasteiger partial charge in [-0.05, 0) is 12.8 Å². The van der Waals surface area contributed by atoms with E-state index in [9.17, 15) is 4.79 Å². The predicted molar refractivity (Wildman–Crippen MR) is 59.2 cm³/mol. The number of ether oxygens (including phenoxy) is 1. The van der Waals surface area contributed by atoms with Crippen LogP contribution in [0.15, 0.2) is 10.7 Å². The van der Waals surface area contributed by atoms with Crippen LogP contribution in [-0.4, -0.2) is 24.1 Å². The minimum Gasteiger partial charge on any atom is -0.447 e. The van der Waals surface area contributed by atoms with Gasteiger partial charge in [-0.25, -0.2) is 4.79 Å². The third kappa shape index (κ3) is 3.70. The summed E-state index contributed by atoms with van der Waals surface area (Å²) in [7, 11) is 0. The molecule has 0 aromatic heterocycles. The Morgan fingerprint density at radius 2 is 2.43 bits per heavy atom. The molecule has 1 aliphatic heterocycles. The van der Waals surface area contributed by atoms with Crippen LogP contribution in [0.4, 0.5) is 4.79 Å². The van der Waals surface area contributed by atoms with Gasteiger partial charge in [0.15, 0.2) is 0 Å². The van der Waals surface area contributed by atoms with Crippen LogP contribution >= 0.6 is 15.9 Å². The molecule has 1 amide bonds. The van der Waals surface area contributed by atoms with Gasteiger partial charge in [0.1, 0.15) is 6.61 Å². The fourth-order valence-corrected chi connectivity index (χ4v) is 1.83. The molecule has 1 rings (SSSR count). The summed E-state index contributed by atoms with van der Waals surface area (Å²) in [4.78, 5) is 12.7. The summed E-state index contributed by atoms with van der Waals surface area (Å²) >= 11 is 3.46. The second-order valence-electron chi connectivity index (χ2n) is 3.34. The molecule has 0 aromatic carbocycles. The predicted octanol–water partition coefficient (Wildman–Crippen LogP) is 3.26. The summed E-state index contributed by atoms with van der Waals surface area (Å²) in [6.45, 7) is 3.35. The lowest BCUT2D eigenvalue weighted by Crippen LogP contribution is -2.17.